The Hall–Kier alpha value is -2.63. The van der Waals surface area contributed by atoms with Crippen LogP contribution in [0, 0.1) is 6.92 Å². The van der Waals surface area contributed by atoms with Gasteiger partial charge in [0.05, 0.1) is 5.69 Å². The van der Waals surface area contributed by atoms with Crippen LogP contribution in [0.15, 0.2) is 24.3 Å². The van der Waals surface area contributed by atoms with E-state index in [-0.39, 0.29) is 17.9 Å². The predicted molar refractivity (Wildman–Crippen MR) is 113 cm³/mol. The molecule has 2 aliphatic rings. The Morgan fingerprint density at radius 2 is 1.83 bits per heavy atom. The molecule has 0 bridgehead atoms. The number of imidazole rings is 1. The predicted octanol–water partition coefficient (Wildman–Crippen LogP) is 4.23. The van der Waals surface area contributed by atoms with Gasteiger partial charge in [0.2, 0.25) is 0 Å². The van der Waals surface area contributed by atoms with Crippen LogP contribution in [0.4, 0.5) is 5.69 Å². The van der Waals surface area contributed by atoms with E-state index in [4.69, 9.17) is 0 Å². The molecular weight excluding hydrogens is 364 g/mol. The van der Waals surface area contributed by atoms with E-state index in [1.54, 1.807) is 0 Å². The molecule has 6 nitrogen and oxygen atoms in total. The smallest absolute Gasteiger partial charge is 0.287 e. The van der Waals surface area contributed by atoms with Gasteiger partial charge in [-0.1, -0.05) is 37.8 Å². The van der Waals surface area contributed by atoms with Crippen molar-refractivity contribution in [2.45, 2.75) is 77.3 Å². The normalized spacial score (nSPS) is 17.3. The number of nitrogens with one attached hydrogen (secondary N) is 2. The first kappa shape index (κ1) is 19.7. The Balaban J connectivity index is 1.56. The van der Waals surface area contributed by atoms with Crippen LogP contribution in [0.3, 0.4) is 0 Å². The summed E-state index contributed by atoms with van der Waals surface area (Å²) in [6, 6.07) is 7.92. The fourth-order valence-electron chi connectivity index (χ4n) is 4.48. The Morgan fingerprint density at radius 3 is 2.59 bits per heavy atom. The van der Waals surface area contributed by atoms with Crippen LogP contribution in [0.5, 0.6) is 0 Å². The lowest BCUT2D eigenvalue weighted by atomic mass is 10.1. The molecule has 2 N–H and O–H groups in total. The minimum absolute atomic E-state index is 0.144. The molecule has 1 saturated carbocycles. The second-order valence-corrected chi connectivity index (χ2v) is 8.33. The SMILES string of the molecule is Cc1cccc(NC(=O)c2nc(C(=O)NC3CCCCCC3)n3c2CCCC3)c1. The van der Waals surface area contributed by atoms with E-state index in [0.717, 1.165) is 68.4 Å². The van der Waals surface area contributed by atoms with E-state index in [0.29, 0.717) is 11.5 Å². The zero-order chi connectivity index (χ0) is 20.2. The molecule has 0 saturated heterocycles. The van der Waals surface area contributed by atoms with Crippen molar-refractivity contribution >= 4 is 17.5 Å². The van der Waals surface area contributed by atoms with E-state index < -0.39 is 0 Å². The van der Waals surface area contributed by atoms with Gasteiger partial charge in [-0.05, 0) is 56.7 Å². The average Bonchev–Trinajstić information content (AvgIpc) is 2.91. The summed E-state index contributed by atoms with van der Waals surface area (Å²) in [7, 11) is 0. The molecule has 0 unspecified atom stereocenters. The summed E-state index contributed by atoms with van der Waals surface area (Å²) in [6.07, 6.45) is 9.67. The first-order valence-electron chi connectivity index (χ1n) is 10.9. The van der Waals surface area contributed by atoms with Gasteiger partial charge in [0.1, 0.15) is 0 Å². The topological polar surface area (TPSA) is 76.0 Å². The van der Waals surface area contributed by atoms with Crippen molar-refractivity contribution in [2.75, 3.05) is 5.32 Å². The summed E-state index contributed by atoms with van der Waals surface area (Å²) in [5.41, 5.74) is 3.10. The molecule has 1 aromatic carbocycles. The van der Waals surface area contributed by atoms with Crippen LogP contribution in [0.1, 0.15) is 83.7 Å². The number of anilines is 1. The summed E-state index contributed by atoms with van der Waals surface area (Å²) in [6.45, 7) is 2.73. The molecule has 0 radical (unpaired) electrons. The van der Waals surface area contributed by atoms with Crippen LogP contribution < -0.4 is 10.6 Å². The van der Waals surface area contributed by atoms with Crippen LogP contribution in [-0.4, -0.2) is 27.4 Å². The highest BCUT2D eigenvalue weighted by atomic mass is 16.2. The summed E-state index contributed by atoms with van der Waals surface area (Å²) < 4.78 is 1.96. The quantitative estimate of drug-likeness (QED) is 0.762. The van der Waals surface area contributed by atoms with E-state index in [9.17, 15) is 9.59 Å². The fourth-order valence-corrected chi connectivity index (χ4v) is 4.48. The van der Waals surface area contributed by atoms with Crippen molar-refractivity contribution in [3.8, 4) is 0 Å². The number of aromatic nitrogens is 2. The molecule has 1 aromatic heterocycles. The second kappa shape index (κ2) is 8.80. The molecule has 1 fully saturated rings. The Labute approximate surface area is 172 Å². The van der Waals surface area contributed by atoms with Gasteiger partial charge >= 0.3 is 0 Å². The maximum absolute atomic E-state index is 13.0. The van der Waals surface area contributed by atoms with Gasteiger partial charge < -0.3 is 15.2 Å². The number of hydrogen-bond acceptors (Lipinski definition) is 3. The van der Waals surface area contributed by atoms with Gasteiger partial charge in [0.25, 0.3) is 11.8 Å². The lowest BCUT2D eigenvalue weighted by Crippen LogP contribution is -2.36. The van der Waals surface area contributed by atoms with Crippen molar-refractivity contribution in [1.82, 2.24) is 14.9 Å². The van der Waals surface area contributed by atoms with Gasteiger partial charge in [0.15, 0.2) is 11.5 Å². The maximum Gasteiger partial charge on any atom is 0.287 e. The van der Waals surface area contributed by atoms with Gasteiger partial charge in [-0.2, -0.15) is 0 Å². The Bertz CT molecular complexity index is 894. The van der Waals surface area contributed by atoms with E-state index in [1.807, 2.05) is 35.8 Å². The Morgan fingerprint density at radius 1 is 1.03 bits per heavy atom. The van der Waals surface area contributed by atoms with Crippen molar-refractivity contribution in [2.24, 2.45) is 0 Å². The number of carbonyl (C=O) groups is 2. The summed E-state index contributed by atoms with van der Waals surface area (Å²) in [5.74, 6) is 0.00256. The summed E-state index contributed by atoms with van der Waals surface area (Å²) >= 11 is 0. The van der Waals surface area contributed by atoms with E-state index in [1.165, 1.54) is 12.8 Å². The van der Waals surface area contributed by atoms with Crippen molar-refractivity contribution in [1.29, 1.82) is 0 Å². The number of hydrogen-bond donors (Lipinski definition) is 2. The summed E-state index contributed by atoms with van der Waals surface area (Å²) in [5, 5.41) is 6.13. The lowest BCUT2D eigenvalue weighted by molar-refractivity contribution is 0.0917. The molecule has 6 heteroatoms. The highest BCUT2D eigenvalue weighted by Gasteiger charge is 2.28. The molecule has 2 aromatic rings. The van der Waals surface area contributed by atoms with Crippen LogP contribution in [0.25, 0.3) is 0 Å². The molecular formula is C23H30N4O2. The highest BCUT2D eigenvalue weighted by molar-refractivity contribution is 6.05. The molecule has 2 heterocycles. The van der Waals surface area contributed by atoms with Crippen LogP contribution in [-0.2, 0) is 13.0 Å². The van der Waals surface area contributed by atoms with Gasteiger partial charge in [-0.15, -0.1) is 0 Å². The Kier molecular flexibility index (Phi) is 5.97. The molecule has 0 atom stereocenters. The lowest BCUT2D eigenvalue weighted by Gasteiger charge is -2.19. The summed E-state index contributed by atoms with van der Waals surface area (Å²) in [4.78, 5) is 30.5. The molecule has 1 aliphatic carbocycles. The molecule has 1 aliphatic heterocycles. The van der Waals surface area contributed by atoms with Gasteiger partial charge in [0, 0.05) is 18.3 Å². The largest absolute Gasteiger partial charge is 0.347 e. The standard InChI is InChI=1S/C23H30N4O2/c1-16-9-8-12-18(15-16)25-22(28)20-19-13-6-7-14-27(19)21(26-20)23(29)24-17-10-4-2-3-5-11-17/h8-9,12,15,17H,2-7,10-11,13-14H2,1H3,(H,24,29)(H,25,28). The number of rotatable bonds is 4. The molecule has 4 rings (SSSR count). The maximum atomic E-state index is 13.0. The van der Waals surface area contributed by atoms with E-state index in [2.05, 4.69) is 15.6 Å². The fraction of sp³-hybridized carbons (Fsp3) is 0.522. The highest BCUT2D eigenvalue weighted by Crippen LogP contribution is 2.23. The third kappa shape index (κ3) is 4.52. The first-order chi connectivity index (χ1) is 14.1. The zero-order valence-corrected chi connectivity index (χ0v) is 17.2. The average molecular weight is 395 g/mol. The molecule has 154 valence electrons. The number of aryl methyl sites for hydroxylation is 1. The van der Waals surface area contributed by atoms with Crippen molar-refractivity contribution < 1.29 is 9.59 Å². The molecule has 0 spiro atoms. The minimum Gasteiger partial charge on any atom is -0.347 e. The third-order valence-corrected chi connectivity index (χ3v) is 6.00. The third-order valence-electron chi connectivity index (χ3n) is 6.00. The number of carbonyl (C=O) groups excluding carboxylic acids is 2. The first-order valence-corrected chi connectivity index (χ1v) is 10.9. The monoisotopic (exact) mass is 394 g/mol. The zero-order valence-electron chi connectivity index (χ0n) is 17.2. The molecule has 2 amide bonds. The number of fused-ring (bicyclic) bond motifs is 1. The number of amides is 2. The van der Waals surface area contributed by atoms with E-state index >= 15 is 0 Å². The van der Waals surface area contributed by atoms with Gasteiger partial charge in [-0.3, -0.25) is 9.59 Å². The number of benzene rings is 1. The van der Waals surface area contributed by atoms with Crippen LogP contribution >= 0.6 is 0 Å². The van der Waals surface area contributed by atoms with Crippen molar-refractivity contribution in [3.63, 3.8) is 0 Å². The minimum atomic E-state index is -0.241. The second-order valence-electron chi connectivity index (χ2n) is 8.33. The number of nitrogens with zero attached hydrogens (tertiary/aromatic N) is 2. The molecule has 29 heavy (non-hydrogen) atoms. The van der Waals surface area contributed by atoms with Gasteiger partial charge in [-0.25, -0.2) is 4.98 Å². The van der Waals surface area contributed by atoms with Crippen molar-refractivity contribution in [3.05, 3.63) is 47.0 Å². The van der Waals surface area contributed by atoms with Crippen LogP contribution in [0.2, 0.25) is 0 Å².